The lowest BCUT2D eigenvalue weighted by atomic mass is 9.72. The van der Waals surface area contributed by atoms with Gasteiger partial charge in [-0.2, -0.15) is 0 Å². The molecule has 0 spiro atoms. The highest BCUT2D eigenvalue weighted by atomic mass is 16.4. The highest BCUT2D eigenvalue weighted by molar-refractivity contribution is 5.92. The lowest BCUT2D eigenvalue weighted by Gasteiger charge is -2.35. The van der Waals surface area contributed by atoms with Gasteiger partial charge in [0, 0.05) is 0 Å². The Balaban J connectivity index is 2.27. The Kier molecular flexibility index (Phi) is 5.55. The van der Waals surface area contributed by atoms with E-state index in [9.17, 15) is 15.0 Å². The maximum Gasteiger partial charge on any atom is 0.314 e. The van der Waals surface area contributed by atoms with E-state index >= 15 is 0 Å². The molecular weight excluding hydrogens is 372 g/mol. The van der Waals surface area contributed by atoms with Crippen molar-refractivity contribution < 1.29 is 15.0 Å². The SMILES string of the molecule is CC(C)(C)c1ccccc1C1=CC(O)(c2ccccc2C(C)(C)C)C=CC1C(=O)O. The van der Waals surface area contributed by atoms with E-state index < -0.39 is 17.5 Å². The summed E-state index contributed by atoms with van der Waals surface area (Å²) in [6.07, 6.45) is 4.98. The molecule has 0 aromatic heterocycles. The largest absolute Gasteiger partial charge is 0.481 e. The number of carbonyl (C=O) groups is 1. The van der Waals surface area contributed by atoms with Crippen molar-refractivity contribution in [2.45, 2.75) is 58.0 Å². The van der Waals surface area contributed by atoms with E-state index in [1.165, 1.54) is 0 Å². The van der Waals surface area contributed by atoms with Crippen LogP contribution in [-0.2, 0) is 21.2 Å². The molecule has 3 heteroatoms. The van der Waals surface area contributed by atoms with Gasteiger partial charge in [0.25, 0.3) is 0 Å². The van der Waals surface area contributed by atoms with Gasteiger partial charge in [0.2, 0.25) is 0 Å². The van der Waals surface area contributed by atoms with Crippen molar-refractivity contribution in [3.63, 3.8) is 0 Å². The summed E-state index contributed by atoms with van der Waals surface area (Å²) in [6, 6.07) is 15.7. The van der Waals surface area contributed by atoms with Gasteiger partial charge in [-0.15, -0.1) is 0 Å². The van der Waals surface area contributed by atoms with E-state index in [2.05, 4.69) is 41.5 Å². The lowest BCUT2D eigenvalue weighted by molar-refractivity contribution is -0.138. The molecular formula is C27H32O3. The van der Waals surface area contributed by atoms with Gasteiger partial charge < -0.3 is 10.2 Å². The smallest absolute Gasteiger partial charge is 0.314 e. The predicted octanol–water partition coefficient (Wildman–Crippen LogP) is 5.82. The third-order valence-electron chi connectivity index (χ3n) is 5.73. The summed E-state index contributed by atoms with van der Waals surface area (Å²) >= 11 is 0. The fraction of sp³-hybridized carbons (Fsp3) is 0.370. The summed E-state index contributed by atoms with van der Waals surface area (Å²) in [4.78, 5) is 12.1. The van der Waals surface area contributed by atoms with Gasteiger partial charge in [0.1, 0.15) is 11.5 Å². The minimum absolute atomic E-state index is 0.164. The number of hydrogen-bond donors (Lipinski definition) is 2. The molecule has 0 bridgehead atoms. The van der Waals surface area contributed by atoms with Crippen LogP contribution in [0.15, 0.2) is 66.8 Å². The van der Waals surface area contributed by atoms with Gasteiger partial charge in [-0.1, -0.05) is 96.1 Å². The van der Waals surface area contributed by atoms with Crippen molar-refractivity contribution in [2.24, 2.45) is 5.92 Å². The van der Waals surface area contributed by atoms with Crippen molar-refractivity contribution in [3.05, 3.63) is 89.0 Å². The Morgan fingerprint density at radius 1 is 0.867 bits per heavy atom. The second kappa shape index (κ2) is 7.55. The van der Waals surface area contributed by atoms with E-state index in [1.54, 1.807) is 18.2 Å². The van der Waals surface area contributed by atoms with Crippen LogP contribution in [0.4, 0.5) is 0 Å². The topological polar surface area (TPSA) is 57.5 Å². The summed E-state index contributed by atoms with van der Waals surface area (Å²) < 4.78 is 0. The molecule has 0 radical (unpaired) electrons. The summed E-state index contributed by atoms with van der Waals surface area (Å²) in [5.74, 6) is -1.73. The highest BCUT2D eigenvalue weighted by Crippen LogP contribution is 2.43. The molecule has 2 aromatic rings. The molecule has 2 aromatic carbocycles. The van der Waals surface area contributed by atoms with Crippen LogP contribution in [0.25, 0.3) is 5.57 Å². The Morgan fingerprint density at radius 2 is 1.40 bits per heavy atom. The molecule has 3 nitrogen and oxygen atoms in total. The van der Waals surface area contributed by atoms with Crippen LogP contribution in [0, 0.1) is 5.92 Å². The van der Waals surface area contributed by atoms with Gasteiger partial charge in [-0.25, -0.2) is 0 Å². The lowest BCUT2D eigenvalue weighted by Crippen LogP contribution is -2.31. The first-order valence-electron chi connectivity index (χ1n) is 10.4. The molecule has 30 heavy (non-hydrogen) atoms. The molecule has 158 valence electrons. The number of aliphatic carboxylic acids is 1. The zero-order valence-electron chi connectivity index (χ0n) is 18.7. The third kappa shape index (κ3) is 4.13. The number of rotatable bonds is 3. The quantitative estimate of drug-likeness (QED) is 0.634. The summed E-state index contributed by atoms with van der Waals surface area (Å²) in [7, 11) is 0. The summed E-state index contributed by atoms with van der Waals surface area (Å²) in [5.41, 5.74) is 2.66. The van der Waals surface area contributed by atoms with Gasteiger partial charge in [0.05, 0.1) is 0 Å². The zero-order valence-corrected chi connectivity index (χ0v) is 18.7. The van der Waals surface area contributed by atoms with Crippen LogP contribution in [0.5, 0.6) is 0 Å². The first-order chi connectivity index (χ1) is 13.8. The van der Waals surface area contributed by atoms with E-state index in [0.717, 1.165) is 22.3 Å². The molecule has 0 heterocycles. The van der Waals surface area contributed by atoms with Gasteiger partial charge in [-0.3, -0.25) is 4.79 Å². The molecule has 0 aliphatic heterocycles. The second-order valence-electron chi connectivity index (χ2n) is 10.2. The van der Waals surface area contributed by atoms with E-state index in [1.807, 2.05) is 48.5 Å². The molecule has 1 aliphatic carbocycles. The van der Waals surface area contributed by atoms with Crippen LogP contribution in [0.2, 0.25) is 0 Å². The zero-order chi connectivity index (χ0) is 22.3. The Hall–Kier alpha value is -2.65. The Labute approximate surface area is 179 Å². The molecule has 2 N–H and O–H groups in total. The van der Waals surface area contributed by atoms with Crippen LogP contribution in [0.3, 0.4) is 0 Å². The maximum atomic E-state index is 12.1. The van der Waals surface area contributed by atoms with Crippen LogP contribution >= 0.6 is 0 Å². The summed E-state index contributed by atoms with van der Waals surface area (Å²) in [6.45, 7) is 12.7. The maximum absolute atomic E-state index is 12.1. The van der Waals surface area contributed by atoms with E-state index in [-0.39, 0.29) is 10.8 Å². The minimum Gasteiger partial charge on any atom is -0.481 e. The number of hydrogen-bond acceptors (Lipinski definition) is 2. The molecule has 0 amide bonds. The molecule has 2 atom stereocenters. The summed E-state index contributed by atoms with van der Waals surface area (Å²) in [5, 5.41) is 21.7. The molecule has 2 unspecified atom stereocenters. The highest BCUT2D eigenvalue weighted by Gasteiger charge is 2.37. The Bertz CT molecular complexity index is 1010. The molecule has 0 saturated heterocycles. The monoisotopic (exact) mass is 404 g/mol. The molecule has 3 rings (SSSR count). The number of carboxylic acids is 1. The van der Waals surface area contributed by atoms with Crippen molar-refractivity contribution in [2.75, 3.05) is 0 Å². The molecule has 1 aliphatic rings. The number of carboxylic acid groups (broad SMARTS) is 1. The third-order valence-corrected chi connectivity index (χ3v) is 5.73. The average Bonchev–Trinajstić information content (AvgIpc) is 2.66. The fourth-order valence-electron chi connectivity index (χ4n) is 4.22. The first-order valence-corrected chi connectivity index (χ1v) is 10.4. The molecule has 0 fully saturated rings. The Morgan fingerprint density at radius 3 is 1.97 bits per heavy atom. The first kappa shape index (κ1) is 22.0. The fourth-order valence-corrected chi connectivity index (χ4v) is 4.22. The van der Waals surface area contributed by atoms with Gasteiger partial charge in [0.15, 0.2) is 0 Å². The normalized spacial score (nSPS) is 22.0. The van der Waals surface area contributed by atoms with Crippen molar-refractivity contribution in [3.8, 4) is 0 Å². The average molecular weight is 405 g/mol. The van der Waals surface area contributed by atoms with Gasteiger partial charge >= 0.3 is 5.97 Å². The standard InChI is InChI=1S/C27H32O3/c1-25(2,3)21-12-8-7-11-18(21)20-17-27(30,16-15-19(20)24(28)29)23-14-10-9-13-22(23)26(4,5)6/h7-17,19,30H,1-6H3,(H,28,29). The van der Waals surface area contributed by atoms with Crippen molar-refractivity contribution in [1.82, 2.24) is 0 Å². The predicted molar refractivity (Wildman–Crippen MR) is 122 cm³/mol. The van der Waals surface area contributed by atoms with E-state index in [0.29, 0.717) is 5.57 Å². The van der Waals surface area contributed by atoms with Crippen LogP contribution in [0.1, 0.15) is 63.8 Å². The second-order valence-corrected chi connectivity index (χ2v) is 10.2. The van der Waals surface area contributed by atoms with Crippen LogP contribution < -0.4 is 0 Å². The van der Waals surface area contributed by atoms with Crippen molar-refractivity contribution in [1.29, 1.82) is 0 Å². The minimum atomic E-state index is -1.38. The van der Waals surface area contributed by atoms with Crippen LogP contribution in [-0.4, -0.2) is 16.2 Å². The van der Waals surface area contributed by atoms with Gasteiger partial charge in [-0.05, 0) is 50.8 Å². The number of aliphatic hydroxyl groups is 1. The molecule has 0 saturated carbocycles. The van der Waals surface area contributed by atoms with E-state index in [4.69, 9.17) is 0 Å². The number of benzene rings is 2. The van der Waals surface area contributed by atoms with Crippen molar-refractivity contribution >= 4 is 11.5 Å².